The molecule has 4 heteroatoms. The van der Waals surface area contributed by atoms with Gasteiger partial charge in [-0.3, -0.25) is 0 Å². The van der Waals surface area contributed by atoms with Crippen molar-refractivity contribution in [3.63, 3.8) is 0 Å². The molecule has 0 aliphatic heterocycles. The number of rotatable bonds is 8. The van der Waals surface area contributed by atoms with Gasteiger partial charge in [0.15, 0.2) is 6.29 Å². The SMILES string of the molecule is C=C(CCOC(C)OCCC)C(=O)O. The molecule has 0 saturated carbocycles. The van der Waals surface area contributed by atoms with E-state index in [2.05, 4.69) is 6.58 Å². The first kappa shape index (κ1) is 13.1. The number of carboxylic acid groups (broad SMARTS) is 1. The van der Waals surface area contributed by atoms with E-state index in [0.29, 0.717) is 19.6 Å². The molecule has 0 bridgehead atoms. The molecule has 1 N–H and O–H groups in total. The zero-order valence-electron chi connectivity index (χ0n) is 8.78. The lowest BCUT2D eigenvalue weighted by molar-refractivity contribution is -0.136. The Morgan fingerprint density at radius 3 is 2.50 bits per heavy atom. The third-order valence-corrected chi connectivity index (χ3v) is 1.62. The summed E-state index contributed by atoms with van der Waals surface area (Å²) in [4.78, 5) is 10.4. The molecule has 0 spiro atoms. The number of aliphatic carboxylic acids is 1. The van der Waals surface area contributed by atoms with E-state index in [1.54, 1.807) is 6.92 Å². The van der Waals surface area contributed by atoms with Crippen LogP contribution in [0.15, 0.2) is 12.2 Å². The Labute approximate surface area is 84.5 Å². The van der Waals surface area contributed by atoms with Crippen molar-refractivity contribution in [1.29, 1.82) is 0 Å². The van der Waals surface area contributed by atoms with Gasteiger partial charge in [-0.25, -0.2) is 4.79 Å². The van der Waals surface area contributed by atoms with Gasteiger partial charge in [0.1, 0.15) is 0 Å². The second kappa shape index (κ2) is 7.53. The second-order valence-electron chi connectivity index (χ2n) is 2.97. The molecule has 0 aromatic rings. The fraction of sp³-hybridized carbons (Fsp3) is 0.700. The Kier molecular flexibility index (Phi) is 7.06. The zero-order chi connectivity index (χ0) is 11.0. The van der Waals surface area contributed by atoms with Crippen LogP contribution >= 0.6 is 0 Å². The predicted octanol–water partition coefficient (Wildman–Crippen LogP) is 1.81. The average Bonchev–Trinajstić information content (AvgIpc) is 2.14. The van der Waals surface area contributed by atoms with Crippen molar-refractivity contribution in [1.82, 2.24) is 0 Å². The molecule has 0 fully saturated rings. The quantitative estimate of drug-likeness (QED) is 0.481. The van der Waals surface area contributed by atoms with Gasteiger partial charge < -0.3 is 14.6 Å². The molecule has 0 aliphatic carbocycles. The fourth-order valence-corrected chi connectivity index (χ4v) is 0.787. The number of ether oxygens (including phenoxy) is 2. The fourth-order valence-electron chi connectivity index (χ4n) is 0.787. The largest absolute Gasteiger partial charge is 0.478 e. The second-order valence-corrected chi connectivity index (χ2v) is 2.97. The van der Waals surface area contributed by atoms with E-state index in [1.807, 2.05) is 6.92 Å². The van der Waals surface area contributed by atoms with Crippen LogP contribution in [0, 0.1) is 0 Å². The lowest BCUT2D eigenvalue weighted by atomic mass is 10.2. The Balaban J connectivity index is 3.44. The van der Waals surface area contributed by atoms with Crippen molar-refractivity contribution in [2.45, 2.75) is 33.0 Å². The van der Waals surface area contributed by atoms with Crippen LogP contribution in [0.5, 0.6) is 0 Å². The minimum absolute atomic E-state index is 0.160. The minimum Gasteiger partial charge on any atom is -0.478 e. The summed E-state index contributed by atoms with van der Waals surface area (Å²) >= 11 is 0. The zero-order valence-corrected chi connectivity index (χ0v) is 8.78. The summed E-state index contributed by atoms with van der Waals surface area (Å²) in [6, 6.07) is 0. The van der Waals surface area contributed by atoms with E-state index in [9.17, 15) is 4.79 Å². The highest BCUT2D eigenvalue weighted by molar-refractivity contribution is 5.85. The van der Waals surface area contributed by atoms with Gasteiger partial charge in [0.05, 0.1) is 6.61 Å². The summed E-state index contributed by atoms with van der Waals surface area (Å²) in [6.45, 7) is 8.18. The normalized spacial score (nSPS) is 12.4. The molecule has 0 aromatic heterocycles. The van der Waals surface area contributed by atoms with E-state index in [0.717, 1.165) is 6.42 Å². The van der Waals surface area contributed by atoms with Crippen molar-refractivity contribution < 1.29 is 19.4 Å². The third kappa shape index (κ3) is 6.62. The highest BCUT2D eigenvalue weighted by Gasteiger charge is 2.05. The molecule has 0 rings (SSSR count). The molecule has 82 valence electrons. The maximum Gasteiger partial charge on any atom is 0.331 e. The lowest BCUT2D eigenvalue weighted by Gasteiger charge is -2.13. The van der Waals surface area contributed by atoms with Crippen LogP contribution in [0.1, 0.15) is 26.7 Å². The lowest BCUT2D eigenvalue weighted by Crippen LogP contribution is -2.15. The van der Waals surface area contributed by atoms with Crippen LogP contribution in [0.4, 0.5) is 0 Å². The van der Waals surface area contributed by atoms with E-state index >= 15 is 0 Å². The number of hydrogen-bond acceptors (Lipinski definition) is 3. The molecule has 0 amide bonds. The topological polar surface area (TPSA) is 55.8 Å². The van der Waals surface area contributed by atoms with Crippen molar-refractivity contribution in [3.05, 3.63) is 12.2 Å². The van der Waals surface area contributed by atoms with Crippen LogP contribution in [-0.2, 0) is 14.3 Å². The minimum atomic E-state index is -0.976. The number of carbonyl (C=O) groups is 1. The summed E-state index contributed by atoms with van der Waals surface area (Å²) < 4.78 is 10.5. The molecular weight excluding hydrogens is 184 g/mol. The molecule has 0 aromatic carbocycles. The molecule has 1 atom stereocenters. The molecule has 0 radical (unpaired) electrons. The first-order valence-corrected chi connectivity index (χ1v) is 4.72. The average molecular weight is 202 g/mol. The third-order valence-electron chi connectivity index (χ3n) is 1.62. The molecule has 4 nitrogen and oxygen atoms in total. The molecule has 0 heterocycles. The van der Waals surface area contributed by atoms with Gasteiger partial charge in [0.25, 0.3) is 0 Å². The Morgan fingerprint density at radius 1 is 1.43 bits per heavy atom. The summed E-state index contributed by atoms with van der Waals surface area (Å²) in [5, 5.41) is 8.50. The van der Waals surface area contributed by atoms with Gasteiger partial charge in [0.2, 0.25) is 0 Å². The Morgan fingerprint density at radius 2 is 2.00 bits per heavy atom. The standard InChI is InChI=1S/C10H18O4/c1-4-6-13-9(3)14-7-5-8(2)10(11)12/h9H,2,4-7H2,1,3H3,(H,11,12). The summed E-state index contributed by atoms with van der Waals surface area (Å²) in [5.74, 6) is -0.976. The van der Waals surface area contributed by atoms with E-state index in [1.165, 1.54) is 0 Å². The maximum absolute atomic E-state index is 10.4. The van der Waals surface area contributed by atoms with Crippen LogP contribution in [0.2, 0.25) is 0 Å². The Hall–Kier alpha value is -0.870. The summed E-state index contributed by atoms with van der Waals surface area (Å²) in [6.07, 6.45) is 0.988. The predicted molar refractivity (Wildman–Crippen MR) is 53.0 cm³/mol. The van der Waals surface area contributed by atoms with E-state index in [-0.39, 0.29) is 11.9 Å². The monoisotopic (exact) mass is 202 g/mol. The van der Waals surface area contributed by atoms with E-state index in [4.69, 9.17) is 14.6 Å². The van der Waals surface area contributed by atoms with Crippen molar-refractivity contribution in [2.75, 3.05) is 13.2 Å². The van der Waals surface area contributed by atoms with Crippen LogP contribution < -0.4 is 0 Å². The van der Waals surface area contributed by atoms with Crippen molar-refractivity contribution in [2.24, 2.45) is 0 Å². The van der Waals surface area contributed by atoms with Crippen LogP contribution in [0.3, 0.4) is 0 Å². The highest BCUT2D eigenvalue weighted by atomic mass is 16.7. The van der Waals surface area contributed by atoms with Gasteiger partial charge in [-0.2, -0.15) is 0 Å². The van der Waals surface area contributed by atoms with Gasteiger partial charge in [0, 0.05) is 18.6 Å². The highest BCUT2D eigenvalue weighted by Crippen LogP contribution is 2.01. The van der Waals surface area contributed by atoms with Gasteiger partial charge in [-0.15, -0.1) is 0 Å². The summed E-state index contributed by atoms with van der Waals surface area (Å²) in [5.41, 5.74) is 0.160. The molecule has 1 unspecified atom stereocenters. The maximum atomic E-state index is 10.4. The van der Waals surface area contributed by atoms with Crippen molar-refractivity contribution >= 4 is 5.97 Å². The first-order valence-electron chi connectivity index (χ1n) is 4.72. The van der Waals surface area contributed by atoms with Crippen molar-refractivity contribution in [3.8, 4) is 0 Å². The van der Waals surface area contributed by atoms with Crippen LogP contribution in [0.25, 0.3) is 0 Å². The summed E-state index contributed by atoms with van der Waals surface area (Å²) in [7, 11) is 0. The Bertz CT molecular complexity index is 189. The molecule has 0 aliphatic rings. The van der Waals surface area contributed by atoms with Gasteiger partial charge in [-0.05, 0) is 13.3 Å². The molecular formula is C10H18O4. The number of carboxylic acids is 1. The molecule has 0 saturated heterocycles. The van der Waals surface area contributed by atoms with E-state index < -0.39 is 5.97 Å². The smallest absolute Gasteiger partial charge is 0.331 e. The van der Waals surface area contributed by atoms with Gasteiger partial charge in [-0.1, -0.05) is 13.5 Å². The van der Waals surface area contributed by atoms with Crippen LogP contribution in [-0.4, -0.2) is 30.6 Å². The molecule has 14 heavy (non-hydrogen) atoms. The number of hydrogen-bond donors (Lipinski definition) is 1. The first-order chi connectivity index (χ1) is 6.57. The van der Waals surface area contributed by atoms with Gasteiger partial charge >= 0.3 is 5.97 Å².